The summed E-state index contributed by atoms with van der Waals surface area (Å²) in [5.74, 6) is 0. The smallest absolute Gasteiger partial charge is 0.136 e. The number of furan rings is 1. The predicted molar refractivity (Wildman–Crippen MR) is 262 cm³/mol. The van der Waals surface area contributed by atoms with Crippen LogP contribution in [0.4, 0.5) is 17.1 Å². The van der Waals surface area contributed by atoms with E-state index in [2.05, 4.69) is 254 Å². The largest absolute Gasteiger partial charge is 0.456 e. The molecular formula is C61H41NO. The Hall–Kier alpha value is -8.20. The summed E-state index contributed by atoms with van der Waals surface area (Å²) < 4.78 is 6.72. The minimum Gasteiger partial charge on any atom is -0.456 e. The molecule has 296 valence electrons. The molecule has 2 heteroatoms. The number of anilines is 3. The average molecular weight is 804 g/mol. The van der Waals surface area contributed by atoms with E-state index in [-0.39, 0.29) is 0 Å². The molecule has 1 heterocycles. The van der Waals surface area contributed by atoms with Crippen molar-refractivity contribution < 1.29 is 4.42 Å². The topological polar surface area (TPSA) is 16.4 Å². The van der Waals surface area contributed by atoms with E-state index in [1.165, 1.54) is 55.6 Å². The number of nitrogens with zero attached hydrogens (tertiary/aromatic N) is 1. The second kappa shape index (κ2) is 15.1. The molecule has 2 nitrogen and oxygen atoms in total. The molecule has 0 saturated carbocycles. The number of fused-ring (bicyclic) bond motifs is 6. The summed E-state index contributed by atoms with van der Waals surface area (Å²) in [5, 5.41) is 2.21. The van der Waals surface area contributed by atoms with Crippen molar-refractivity contribution in [1.82, 2.24) is 0 Å². The number of rotatable bonds is 8. The van der Waals surface area contributed by atoms with Gasteiger partial charge in [0.25, 0.3) is 0 Å². The molecule has 0 atom stereocenters. The summed E-state index contributed by atoms with van der Waals surface area (Å²) in [6.45, 7) is 0. The summed E-state index contributed by atoms with van der Waals surface area (Å²) in [4.78, 5) is 2.37. The molecule has 0 fully saturated rings. The van der Waals surface area contributed by atoms with Crippen LogP contribution in [0.15, 0.2) is 253 Å². The highest BCUT2D eigenvalue weighted by Gasteiger charge is 2.46. The lowest BCUT2D eigenvalue weighted by atomic mass is 9.67. The summed E-state index contributed by atoms with van der Waals surface area (Å²) in [6.07, 6.45) is 0. The van der Waals surface area contributed by atoms with Gasteiger partial charge in [0, 0.05) is 27.8 Å². The SMILES string of the molecule is c1ccc(-c2ccc(N(c3cccc(-c4ccccc4)c3)c3cccc(-c4cccc5oc6ccc(C7(c8ccccc8)c8ccccc8-c8ccccc87)cc6c45)c3)cc2)cc1. The van der Waals surface area contributed by atoms with Crippen LogP contribution in [0.1, 0.15) is 22.3 Å². The van der Waals surface area contributed by atoms with E-state index < -0.39 is 5.41 Å². The zero-order chi connectivity index (χ0) is 41.7. The third-order valence-corrected chi connectivity index (χ3v) is 12.9. The lowest BCUT2D eigenvalue weighted by Crippen LogP contribution is -2.28. The molecule has 11 aromatic rings. The van der Waals surface area contributed by atoms with Crippen molar-refractivity contribution >= 4 is 39.0 Å². The van der Waals surface area contributed by atoms with Gasteiger partial charge in [-0.1, -0.05) is 194 Å². The van der Waals surface area contributed by atoms with Gasteiger partial charge in [-0.25, -0.2) is 0 Å². The Morgan fingerprint density at radius 1 is 0.302 bits per heavy atom. The molecule has 10 aromatic carbocycles. The molecule has 1 aliphatic rings. The summed E-state index contributed by atoms with van der Waals surface area (Å²) in [6, 6.07) is 90.1. The zero-order valence-corrected chi connectivity index (χ0v) is 34.5. The molecule has 0 unspecified atom stereocenters. The van der Waals surface area contributed by atoms with Crippen LogP contribution >= 0.6 is 0 Å². The van der Waals surface area contributed by atoms with Gasteiger partial charge < -0.3 is 9.32 Å². The Morgan fingerprint density at radius 3 is 1.48 bits per heavy atom. The van der Waals surface area contributed by atoms with Crippen molar-refractivity contribution in [2.24, 2.45) is 0 Å². The average Bonchev–Trinajstić information content (AvgIpc) is 3.89. The summed E-state index contributed by atoms with van der Waals surface area (Å²) >= 11 is 0. The molecule has 12 rings (SSSR count). The standard InChI is InChI=1S/C61H41NO/c1-4-17-42(18-5-1)44-33-36-49(37-34-44)62(50-25-14-21-45(39-50)43-19-6-2-7-20-43)51-26-15-22-46(40-51)52-29-16-32-59-60(52)55-41-48(35-38-58(55)63-59)61(47-23-8-3-9-24-47)56-30-12-10-27-53(56)54-28-11-13-31-57(54)61/h1-41H. The maximum Gasteiger partial charge on any atom is 0.136 e. The highest BCUT2D eigenvalue weighted by Crippen LogP contribution is 2.56. The van der Waals surface area contributed by atoms with Gasteiger partial charge in [0.15, 0.2) is 0 Å². The van der Waals surface area contributed by atoms with E-state index in [9.17, 15) is 0 Å². The first-order valence-electron chi connectivity index (χ1n) is 21.7. The maximum atomic E-state index is 6.72. The fourth-order valence-electron chi connectivity index (χ4n) is 10.2. The number of benzene rings is 10. The van der Waals surface area contributed by atoms with Crippen LogP contribution in [-0.4, -0.2) is 0 Å². The third-order valence-electron chi connectivity index (χ3n) is 12.9. The van der Waals surface area contributed by atoms with Crippen molar-refractivity contribution in [2.45, 2.75) is 5.41 Å². The number of hydrogen-bond donors (Lipinski definition) is 0. The molecule has 0 amide bonds. The monoisotopic (exact) mass is 803 g/mol. The van der Waals surface area contributed by atoms with E-state index >= 15 is 0 Å². The van der Waals surface area contributed by atoms with Crippen molar-refractivity contribution in [1.29, 1.82) is 0 Å². The van der Waals surface area contributed by atoms with E-state index in [4.69, 9.17) is 4.42 Å². The predicted octanol–water partition coefficient (Wildman–Crippen LogP) is 16.4. The highest BCUT2D eigenvalue weighted by atomic mass is 16.3. The minimum atomic E-state index is -0.508. The van der Waals surface area contributed by atoms with Crippen molar-refractivity contribution in [3.63, 3.8) is 0 Å². The summed E-state index contributed by atoms with van der Waals surface area (Å²) in [7, 11) is 0. The fourth-order valence-corrected chi connectivity index (χ4v) is 10.2. The normalized spacial score (nSPS) is 12.6. The van der Waals surface area contributed by atoms with Crippen LogP contribution in [0.25, 0.3) is 66.4 Å². The van der Waals surface area contributed by atoms with Crippen molar-refractivity contribution in [3.05, 3.63) is 271 Å². The highest BCUT2D eigenvalue weighted by molar-refractivity contribution is 6.13. The van der Waals surface area contributed by atoms with Crippen LogP contribution in [0.2, 0.25) is 0 Å². The molecule has 63 heavy (non-hydrogen) atoms. The molecule has 0 saturated heterocycles. The van der Waals surface area contributed by atoms with Gasteiger partial charge in [0.1, 0.15) is 11.2 Å². The Morgan fingerprint density at radius 2 is 0.810 bits per heavy atom. The Bertz CT molecular complexity index is 3400. The maximum absolute atomic E-state index is 6.72. The third kappa shape index (κ3) is 6.02. The first-order chi connectivity index (χ1) is 31.2. The Labute approximate surface area is 367 Å². The van der Waals surface area contributed by atoms with E-state index in [0.717, 1.165) is 50.1 Å². The molecule has 0 aliphatic heterocycles. The second-order valence-corrected chi connectivity index (χ2v) is 16.4. The van der Waals surface area contributed by atoms with Crippen LogP contribution in [-0.2, 0) is 5.41 Å². The van der Waals surface area contributed by atoms with Gasteiger partial charge in [-0.2, -0.15) is 0 Å². The van der Waals surface area contributed by atoms with Gasteiger partial charge in [-0.15, -0.1) is 0 Å². The first kappa shape index (κ1) is 36.6. The zero-order valence-electron chi connectivity index (χ0n) is 34.5. The summed E-state index contributed by atoms with van der Waals surface area (Å²) in [5.41, 5.74) is 19.1. The van der Waals surface area contributed by atoms with Gasteiger partial charge in [0.05, 0.1) is 5.41 Å². The molecule has 1 aliphatic carbocycles. The Balaban J connectivity index is 1.03. The van der Waals surface area contributed by atoms with Gasteiger partial charge in [-0.3, -0.25) is 0 Å². The minimum absolute atomic E-state index is 0.508. The second-order valence-electron chi connectivity index (χ2n) is 16.4. The quantitative estimate of drug-likeness (QED) is 0.152. The van der Waals surface area contributed by atoms with E-state index in [1.807, 2.05) is 0 Å². The molecule has 1 aromatic heterocycles. The van der Waals surface area contributed by atoms with Crippen molar-refractivity contribution in [3.8, 4) is 44.5 Å². The van der Waals surface area contributed by atoms with E-state index in [0.29, 0.717) is 0 Å². The first-order valence-corrected chi connectivity index (χ1v) is 21.7. The molecule has 0 bridgehead atoms. The molecule has 0 spiro atoms. The number of hydrogen-bond acceptors (Lipinski definition) is 2. The van der Waals surface area contributed by atoms with E-state index in [1.54, 1.807) is 0 Å². The Kier molecular flexibility index (Phi) is 8.76. The van der Waals surface area contributed by atoms with Crippen LogP contribution in [0, 0.1) is 0 Å². The molecule has 0 radical (unpaired) electrons. The van der Waals surface area contributed by atoms with Gasteiger partial charge in [0.2, 0.25) is 0 Å². The fraction of sp³-hybridized carbons (Fsp3) is 0.0164. The molecular weight excluding hydrogens is 763 g/mol. The van der Waals surface area contributed by atoms with Crippen LogP contribution in [0.3, 0.4) is 0 Å². The lowest BCUT2D eigenvalue weighted by molar-refractivity contribution is 0.668. The van der Waals surface area contributed by atoms with Crippen LogP contribution in [0.5, 0.6) is 0 Å². The lowest BCUT2D eigenvalue weighted by Gasteiger charge is -2.33. The van der Waals surface area contributed by atoms with Gasteiger partial charge in [-0.05, 0) is 121 Å². The molecule has 0 N–H and O–H groups in total. The van der Waals surface area contributed by atoms with Crippen molar-refractivity contribution in [2.75, 3.05) is 4.90 Å². The van der Waals surface area contributed by atoms with Crippen LogP contribution < -0.4 is 4.90 Å². The van der Waals surface area contributed by atoms with Gasteiger partial charge >= 0.3 is 0 Å².